The molecule has 4 unspecified atom stereocenters. The fourth-order valence-corrected chi connectivity index (χ4v) is 4.29. The predicted octanol–water partition coefficient (Wildman–Crippen LogP) is 1.62. The van der Waals surface area contributed by atoms with Crippen LogP contribution in [0.4, 0.5) is 4.79 Å². The van der Waals surface area contributed by atoms with Crippen molar-refractivity contribution in [2.75, 3.05) is 0 Å². The molecule has 0 aliphatic heterocycles. The standard InChI is InChI=1S/C15H19N3O/c1-17-4-5-18(9-17)15(19)16-14-8-11-3-2-10-6-12(14)7-13(10)11/h4-5,8-10,12-14H,2-3,6-7H2,1H3/p+1. The average molecular weight is 258 g/mol. The molecular weight excluding hydrogens is 238 g/mol. The number of carbonyl (C=O) groups is 1. The van der Waals surface area contributed by atoms with Gasteiger partial charge in [0.25, 0.3) is 6.33 Å². The minimum Gasteiger partial charge on any atom is -0.311 e. The topological polar surface area (TPSA) is 37.9 Å². The molecule has 1 aromatic heterocycles. The van der Waals surface area contributed by atoms with Crippen molar-refractivity contribution in [2.45, 2.75) is 31.7 Å². The van der Waals surface area contributed by atoms with E-state index in [0.29, 0.717) is 5.92 Å². The van der Waals surface area contributed by atoms with Crippen LogP contribution in [0.2, 0.25) is 0 Å². The zero-order valence-corrected chi connectivity index (χ0v) is 11.2. The Hall–Kier alpha value is -1.58. The van der Waals surface area contributed by atoms with E-state index in [-0.39, 0.29) is 12.1 Å². The third-order valence-corrected chi connectivity index (χ3v) is 5.21. The molecule has 0 spiro atoms. The second-order valence-corrected chi connectivity index (χ2v) is 6.34. The van der Waals surface area contributed by atoms with Gasteiger partial charge in [0.2, 0.25) is 0 Å². The number of imidazole rings is 1. The largest absolute Gasteiger partial charge is 0.413 e. The monoisotopic (exact) mass is 258 g/mol. The first-order chi connectivity index (χ1) is 9.20. The van der Waals surface area contributed by atoms with E-state index in [1.165, 1.54) is 25.7 Å². The van der Waals surface area contributed by atoms with Crippen LogP contribution in [0, 0.1) is 17.8 Å². The van der Waals surface area contributed by atoms with Crippen molar-refractivity contribution in [3.8, 4) is 0 Å². The highest BCUT2D eigenvalue weighted by atomic mass is 16.2. The molecule has 0 aromatic carbocycles. The Bertz CT molecular complexity index is 559. The van der Waals surface area contributed by atoms with Gasteiger partial charge >= 0.3 is 6.03 Å². The summed E-state index contributed by atoms with van der Waals surface area (Å²) >= 11 is 0. The molecule has 1 heterocycles. The summed E-state index contributed by atoms with van der Waals surface area (Å²) in [5, 5.41) is 3.20. The Kier molecular flexibility index (Phi) is 2.34. The lowest BCUT2D eigenvalue weighted by Gasteiger charge is -2.26. The molecule has 2 bridgehead atoms. The Labute approximate surface area is 113 Å². The normalized spacial score (nSPS) is 35.3. The zero-order chi connectivity index (χ0) is 13.0. The Morgan fingerprint density at radius 2 is 2.32 bits per heavy atom. The van der Waals surface area contributed by atoms with Crippen LogP contribution < -0.4 is 9.88 Å². The van der Waals surface area contributed by atoms with Crippen molar-refractivity contribution < 1.29 is 9.36 Å². The molecule has 0 saturated heterocycles. The number of fused-ring (bicyclic) bond motifs is 1. The van der Waals surface area contributed by atoms with Crippen molar-refractivity contribution in [1.29, 1.82) is 0 Å². The molecule has 1 N–H and O–H groups in total. The molecule has 4 rings (SSSR count). The van der Waals surface area contributed by atoms with Gasteiger partial charge in [-0.3, -0.25) is 0 Å². The van der Waals surface area contributed by atoms with Gasteiger partial charge in [-0.25, -0.2) is 9.36 Å². The number of aromatic nitrogens is 2. The number of hydrogen-bond acceptors (Lipinski definition) is 1. The van der Waals surface area contributed by atoms with E-state index >= 15 is 0 Å². The molecule has 3 aliphatic carbocycles. The number of aryl methyl sites for hydroxylation is 1. The maximum atomic E-state index is 12.2. The van der Waals surface area contributed by atoms with E-state index in [2.05, 4.69) is 11.4 Å². The number of nitrogens with zero attached hydrogens (tertiary/aromatic N) is 2. The lowest BCUT2D eigenvalue weighted by molar-refractivity contribution is -0.670. The van der Waals surface area contributed by atoms with Gasteiger partial charge in [-0.2, -0.15) is 4.57 Å². The number of rotatable bonds is 1. The Morgan fingerprint density at radius 1 is 1.42 bits per heavy atom. The molecule has 4 atom stereocenters. The van der Waals surface area contributed by atoms with Crippen molar-refractivity contribution in [2.24, 2.45) is 24.8 Å². The number of hydrogen-bond donors (Lipinski definition) is 1. The summed E-state index contributed by atoms with van der Waals surface area (Å²) < 4.78 is 3.50. The summed E-state index contributed by atoms with van der Waals surface area (Å²) in [5.74, 6) is 2.41. The smallest absolute Gasteiger partial charge is 0.311 e. The van der Waals surface area contributed by atoms with Gasteiger partial charge in [0.15, 0.2) is 0 Å². The fraction of sp³-hybridized carbons (Fsp3) is 0.600. The number of allylic oxidation sites excluding steroid dienone is 1. The van der Waals surface area contributed by atoms with Crippen LogP contribution >= 0.6 is 0 Å². The molecule has 4 nitrogen and oxygen atoms in total. The molecular formula is C15H20N3O+. The summed E-state index contributed by atoms with van der Waals surface area (Å²) in [6.45, 7) is 0. The quantitative estimate of drug-likeness (QED) is 0.603. The van der Waals surface area contributed by atoms with E-state index in [4.69, 9.17) is 0 Å². The summed E-state index contributed by atoms with van der Waals surface area (Å²) in [7, 11) is 1.92. The lowest BCUT2D eigenvalue weighted by Crippen LogP contribution is -2.42. The van der Waals surface area contributed by atoms with Crippen LogP contribution in [0.25, 0.3) is 0 Å². The number of carbonyl (C=O) groups excluding carboxylic acids is 1. The van der Waals surface area contributed by atoms with Crippen LogP contribution in [0.5, 0.6) is 0 Å². The Morgan fingerprint density at radius 3 is 3.11 bits per heavy atom. The van der Waals surface area contributed by atoms with Crippen LogP contribution in [-0.2, 0) is 7.05 Å². The van der Waals surface area contributed by atoms with E-state index < -0.39 is 0 Å². The molecule has 1 amide bonds. The molecule has 100 valence electrons. The molecule has 2 fully saturated rings. The van der Waals surface area contributed by atoms with E-state index in [1.807, 2.05) is 17.8 Å². The summed E-state index contributed by atoms with van der Waals surface area (Å²) in [6, 6.07) is 0.237. The van der Waals surface area contributed by atoms with Gasteiger partial charge in [-0.05, 0) is 43.4 Å². The first kappa shape index (κ1) is 11.3. The third kappa shape index (κ3) is 1.73. The number of nitrogens with one attached hydrogen (secondary N) is 1. The number of amides is 1. The molecule has 4 heteroatoms. The fourth-order valence-electron chi connectivity index (χ4n) is 4.29. The molecule has 1 aromatic rings. The van der Waals surface area contributed by atoms with Gasteiger partial charge in [0.05, 0.1) is 13.1 Å². The predicted molar refractivity (Wildman–Crippen MR) is 70.3 cm³/mol. The van der Waals surface area contributed by atoms with E-state index in [1.54, 1.807) is 22.7 Å². The third-order valence-electron chi connectivity index (χ3n) is 5.21. The highest BCUT2D eigenvalue weighted by Gasteiger charge is 2.46. The summed E-state index contributed by atoms with van der Waals surface area (Å²) in [4.78, 5) is 12.2. The summed E-state index contributed by atoms with van der Waals surface area (Å²) in [6.07, 6.45) is 13.1. The maximum Gasteiger partial charge on any atom is 0.413 e. The van der Waals surface area contributed by atoms with Gasteiger partial charge < -0.3 is 5.32 Å². The minimum absolute atomic E-state index is 0.0105. The second-order valence-electron chi connectivity index (χ2n) is 6.34. The molecule has 0 radical (unpaired) electrons. The van der Waals surface area contributed by atoms with E-state index in [0.717, 1.165) is 11.8 Å². The first-order valence-electron chi connectivity index (χ1n) is 7.25. The van der Waals surface area contributed by atoms with Crippen molar-refractivity contribution >= 4 is 6.03 Å². The highest BCUT2D eigenvalue weighted by Crippen LogP contribution is 2.53. The van der Waals surface area contributed by atoms with Crippen LogP contribution in [0.3, 0.4) is 0 Å². The first-order valence-corrected chi connectivity index (χ1v) is 7.25. The van der Waals surface area contributed by atoms with Crippen molar-refractivity contribution in [3.05, 3.63) is 30.4 Å². The maximum absolute atomic E-state index is 12.2. The van der Waals surface area contributed by atoms with Gasteiger partial charge in [-0.15, -0.1) is 0 Å². The molecule has 2 saturated carbocycles. The Balaban J connectivity index is 1.53. The SMILES string of the molecule is C[n+]1ccn(C(=O)NC2C=C3CCC4CC2CC34)c1. The van der Waals surface area contributed by atoms with Crippen LogP contribution in [0.15, 0.2) is 30.4 Å². The van der Waals surface area contributed by atoms with E-state index in [9.17, 15) is 4.79 Å². The van der Waals surface area contributed by atoms with Crippen LogP contribution in [0.1, 0.15) is 25.7 Å². The van der Waals surface area contributed by atoms with Gasteiger partial charge in [-0.1, -0.05) is 11.6 Å². The zero-order valence-electron chi connectivity index (χ0n) is 11.2. The average Bonchev–Trinajstić information content (AvgIpc) is 3.02. The lowest BCUT2D eigenvalue weighted by atomic mass is 9.86. The second kappa shape index (κ2) is 3.95. The minimum atomic E-state index is -0.0105. The van der Waals surface area contributed by atoms with Crippen molar-refractivity contribution in [3.63, 3.8) is 0 Å². The van der Waals surface area contributed by atoms with Crippen molar-refractivity contribution in [1.82, 2.24) is 9.88 Å². The van der Waals surface area contributed by atoms with Crippen LogP contribution in [-0.4, -0.2) is 16.6 Å². The van der Waals surface area contributed by atoms with Gasteiger partial charge in [0, 0.05) is 0 Å². The molecule has 19 heavy (non-hydrogen) atoms. The van der Waals surface area contributed by atoms with Gasteiger partial charge in [0.1, 0.15) is 12.4 Å². The highest BCUT2D eigenvalue weighted by molar-refractivity contribution is 5.76. The molecule has 3 aliphatic rings. The summed E-state index contributed by atoms with van der Waals surface area (Å²) in [5.41, 5.74) is 1.61.